The number of alkyl halides is 1. The van der Waals surface area contributed by atoms with E-state index in [0.29, 0.717) is 30.0 Å². The summed E-state index contributed by atoms with van der Waals surface area (Å²) >= 11 is 0. The number of aliphatic hydroxyl groups is 1. The minimum Gasteiger partial charge on any atom is -0.474 e. The summed E-state index contributed by atoms with van der Waals surface area (Å²) in [7, 11) is 0. The number of carbonyl (C=O) groups is 1. The first-order chi connectivity index (χ1) is 17.0. The SMILES string of the molecule is Cc1cccnc1OC1CCC(CCn2nc(C(=O)N3CC[C@H](O)[C@H](F)C3)c3c2C[C@H]2C[C@@H]32)CC1. The van der Waals surface area contributed by atoms with Gasteiger partial charge in [-0.2, -0.15) is 5.10 Å². The van der Waals surface area contributed by atoms with Crippen molar-refractivity contribution in [1.82, 2.24) is 19.7 Å². The lowest BCUT2D eigenvalue weighted by Gasteiger charge is -2.31. The van der Waals surface area contributed by atoms with Gasteiger partial charge in [0.2, 0.25) is 5.88 Å². The molecule has 35 heavy (non-hydrogen) atoms. The zero-order chi connectivity index (χ0) is 24.1. The number of carbonyl (C=O) groups excluding carboxylic acids is 1. The molecule has 1 aliphatic heterocycles. The molecule has 188 valence electrons. The van der Waals surface area contributed by atoms with Crippen LogP contribution in [0.5, 0.6) is 5.88 Å². The number of likely N-dealkylation sites (tertiary alicyclic amines) is 1. The van der Waals surface area contributed by atoms with Crippen LogP contribution in [0, 0.1) is 18.8 Å². The summed E-state index contributed by atoms with van der Waals surface area (Å²) < 4.78 is 22.3. The minimum atomic E-state index is -1.38. The van der Waals surface area contributed by atoms with Gasteiger partial charge in [-0.15, -0.1) is 0 Å². The monoisotopic (exact) mass is 482 g/mol. The Bertz CT molecular complexity index is 1100. The number of fused-ring (bicyclic) bond motifs is 3. The quantitative estimate of drug-likeness (QED) is 0.677. The molecule has 0 radical (unpaired) electrons. The van der Waals surface area contributed by atoms with Crippen LogP contribution < -0.4 is 4.74 Å². The number of pyridine rings is 1. The average Bonchev–Trinajstić information content (AvgIpc) is 3.38. The molecule has 0 unspecified atom stereocenters. The van der Waals surface area contributed by atoms with Crippen LogP contribution in [0.3, 0.4) is 0 Å². The van der Waals surface area contributed by atoms with Crippen LogP contribution in [-0.2, 0) is 13.0 Å². The third-order valence-electron chi connectivity index (χ3n) is 8.63. The number of piperidine rings is 1. The zero-order valence-corrected chi connectivity index (χ0v) is 20.4. The van der Waals surface area contributed by atoms with Gasteiger partial charge >= 0.3 is 0 Å². The molecule has 1 saturated heterocycles. The van der Waals surface area contributed by atoms with Gasteiger partial charge in [-0.1, -0.05) is 6.07 Å². The lowest BCUT2D eigenvalue weighted by Crippen LogP contribution is -2.47. The van der Waals surface area contributed by atoms with Gasteiger partial charge in [0.15, 0.2) is 5.69 Å². The van der Waals surface area contributed by atoms with Gasteiger partial charge in [-0.25, -0.2) is 9.37 Å². The summed E-state index contributed by atoms with van der Waals surface area (Å²) in [5, 5.41) is 14.5. The van der Waals surface area contributed by atoms with Gasteiger partial charge in [-0.3, -0.25) is 9.48 Å². The molecule has 4 atom stereocenters. The summed E-state index contributed by atoms with van der Waals surface area (Å²) in [4.78, 5) is 19.2. The van der Waals surface area contributed by atoms with Gasteiger partial charge < -0.3 is 14.7 Å². The first-order valence-corrected chi connectivity index (χ1v) is 13.3. The van der Waals surface area contributed by atoms with Crippen molar-refractivity contribution in [2.45, 2.75) is 89.1 Å². The van der Waals surface area contributed by atoms with Gasteiger partial charge in [0, 0.05) is 36.1 Å². The Kier molecular flexibility index (Phi) is 6.03. The fraction of sp³-hybridized carbons (Fsp3) is 0.667. The molecule has 7 nitrogen and oxygen atoms in total. The van der Waals surface area contributed by atoms with E-state index in [4.69, 9.17) is 9.84 Å². The molecular weight excluding hydrogens is 447 g/mol. The van der Waals surface area contributed by atoms with Gasteiger partial charge in [0.1, 0.15) is 12.3 Å². The van der Waals surface area contributed by atoms with E-state index >= 15 is 0 Å². The molecule has 0 spiro atoms. The highest BCUT2D eigenvalue weighted by atomic mass is 19.1. The molecule has 2 saturated carbocycles. The van der Waals surface area contributed by atoms with Crippen molar-refractivity contribution in [3.05, 3.63) is 40.8 Å². The Morgan fingerprint density at radius 3 is 2.86 bits per heavy atom. The maximum atomic E-state index is 14.1. The Labute approximate surface area is 205 Å². The van der Waals surface area contributed by atoms with E-state index in [1.807, 2.05) is 19.1 Å². The Morgan fingerprint density at radius 1 is 1.26 bits per heavy atom. The lowest BCUT2D eigenvalue weighted by atomic mass is 9.85. The molecule has 3 aliphatic carbocycles. The molecule has 1 N–H and O–H groups in total. The smallest absolute Gasteiger partial charge is 0.274 e. The number of rotatable bonds is 6. The maximum absolute atomic E-state index is 14.1. The van der Waals surface area contributed by atoms with Gasteiger partial charge in [0.05, 0.1) is 12.6 Å². The summed E-state index contributed by atoms with van der Waals surface area (Å²) in [6.07, 6.45) is 7.49. The molecule has 8 heteroatoms. The van der Waals surface area contributed by atoms with E-state index < -0.39 is 12.3 Å². The predicted molar refractivity (Wildman–Crippen MR) is 128 cm³/mol. The first-order valence-electron chi connectivity index (χ1n) is 13.3. The van der Waals surface area contributed by atoms with Crippen molar-refractivity contribution < 1.29 is 19.0 Å². The van der Waals surface area contributed by atoms with Crippen LogP contribution in [0.4, 0.5) is 4.39 Å². The second kappa shape index (κ2) is 9.19. The molecule has 0 bridgehead atoms. The number of halogens is 1. The van der Waals surface area contributed by atoms with Crippen LogP contribution in [-0.4, -0.2) is 62.1 Å². The Balaban J connectivity index is 1.08. The van der Waals surface area contributed by atoms with Crippen LogP contribution in [0.2, 0.25) is 0 Å². The Morgan fingerprint density at radius 2 is 2.09 bits per heavy atom. The topological polar surface area (TPSA) is 80.5 Å². The Hall–Kier alpha value is -2.48. The molecular formula is C27H35FN4O3. The second-order valence-electron chi connectivity index (χ2n) is 11.0. The number of aliphatic hydroxyl groups excluding tert-OH is 1. The number of amides is 1. The average molecular weight is 483 g/mol. The van der Waals surface area contributed by atoms with Crippen molar-refractivity contribution in [3.63, 3.8) is 0 Å². The van der Waals surface area contributed by atoms with Crippen LogP contribution >= 0.6 is 0 Å². The fourth-order valence-corrected chi connectivity index (χ4v) is 6.36. The standard InChI is InChI=1S/C27H35FN4O3/c1-16-3-2-10-29-26(16)35-19-6-4-17(5-7-19)8-12-32-22-14-18-13-20(18)24(22)25(30-32)27(34)31-11-9-23(33)21(28)15-31/h2-3,10,17-21,23,33H,4-9,11-15H2,1H3/t17?,18-,19?,20-,21-,23+/m1/s1. The maximum Gasteiger partial charge on any atom is 0.274 e. The van der Waals surface area contributed by atoms with E-state index in [2.05, 4.69) is 9.67 Å². The number of hydrogen-bond donors (Lipinski definition) is 1. The van der Waals surface area contributed by atoms with Crippen molar-refractivity contribution in [2.24, 2.45) is 11.8 Å². The molecule has 2 aromatic heterocycles. The molecule has 3 fully saturated rings. The molecule has 3 heterocycles. The molecule has 2 aromatic rings. The number of hydrogen-bond acceptors (Lipinski definition) is 5. The highest BCUT2D eigenvalue weighted by Crippen LogP contribution is 2.57. The van der Waals surface area contributed by atoms with Crippen molar-refractivity contribution in [3.8, 4) is 5.88 Å². The van der Waals surface area contributed by atoms with Gasteiger partial charge in [-0.05, 0) is 82.1 Å². The van der Waals surface area contributed by atoms with E-state index in [-0.39, 0.29) is 25.0 Å². The highest BCUT2D eigenvalue weighted by molar-refractivity contribution is 5.95. The second-order valence-corrected chi connectivity index (χ2v) is 11.0. The summed E-state index contributed by atoms with van der Waals surface area (Å²) in [6, 6.07) is 3.96. The molecule has 6 rings (SSSR count). The normalized spacial score (nSPS) is 31.7. The van der Waals surface area contributed by atoms with Crippen molar-refractivity contribution in [2.75, 3.05) is 13.1 Å². The number of aryl methyl sites for hydroxylation is 2. The fourth-order valence-electron chi connectivity index (χ4n) is 6.36. The summed E-state index contributed by atoms with van der Waals surface area (Å²) in [6.45, 7) is 3.21. The predicted octanol–water partition coefficient (Wildman–Crippen LogP) is 3.82. The van der Waals surface area contributed by atoms with Crippen molar-refractivity contribution >= 4 is 5.91 Å². The van der Waals surface area contributed by atoms with E-state index in [1.54, 1.807) is 11.1 Å². The highest BCUT2D eigenvalue weighted by Gasteiger charge is 2.50. The van der Waals surface area contributed by atoms with Crippen LogP contribution in [0.25, 0.3) is 0 Å². The molecule has 1 amide bonds. The molecule has 4 aliphatic rings. The van der Waals surface area contributed by atoms with E-state index in [9.17, 15) is 14.3 Å². The van der Waals surface area contributed by atoms with E-state index in [0.717, 1.165) is 68.5 Å². The largest absolute Gasteiger partial charge is 0.474 e. The summed E-state index contributed by atoms with van der Waals surface area (Å²) in [5.41, 5.74) is 3.97. The van der Waals surface area contributed by atoms with E-state index in [1.165, 1.54) is 5.69 Å². The number of ether oxygens (including phenoxy) is 1. The van der Waals surface area contributed by atoms with Crippen LogP contribution in [0.1, 0.15) is 78.2 Å². The lowest BCUT2D eigenvalue weighted by molar-refractivity contribution is 0.00794. The number of aromatic nitrogens is 3. The molecule has 0 aromatic carbocycles. The first kappa shape index (κ1) is 23.0. The third-order valence-corrected chi connectivity index (χ3v) is 8.63. The zero-order valence-electron chi connectivity index (χ0n) is 20.4. The third kappa shape index (κ3) is 4.46. The van der Waals surface area contributed by atoms with Gasteiger partial charge in [0.25, 0.3) is 5.91 Å². The number of nitrogens with zero attached hydrogens (tertiary/aromatic N) is 4. The van der Waals surface area contributed by atoms with Crippen molar-refractivity contribution in [1.29, 1.82) is 0 Å². The van der Waals surface area contributed by atoms with Crippen LogP contribution in [0.15, 0.2) is 18.3 Å². The minimum absolute atomic E-state index is 0.0426. The summed E-state index contributed by atoms with van der Waals surface area (Å²) in [5.74, 6) is 2.33.